The number of aromatic amines is 2. The Hall–Kier alpha value is -3.34. The molecule has 0 aliphatic heterocycles. The van der Waals surface area contributed by atoms with Gasteiger partial charge < -0.3 is 14.4 Å². The number of H-pyrrole nitrogens is 2. The van der Waals surface area contributed by atoms with E-state index in [1.54, 1.807) is 0 Å². The quantitative estimate of drug-likeness (QED) is 0.460. The molecule has 2 aromatic carbocycles. The van der Waals surface area contributed by atoms with Gasteiger partial charge in [0.25, 0.3) is 0 Å². The Labute approximate surface area is 155 Å². The fraction of sp³-hybridized carbons (Fsp3) is 0.182. The molecular formula is C22H20N4O. The van der Waals surface area contributed by atoms with Gasteiger partial charge in [-0.2, -0.15) is 0 Å². The van der Waals surface area contributed by atoms with Gasteiger partial charge in [-0.3, -0.25) is 4.79 Å². The van der Waals surface area contributed by atoms with Crippen molar-refractivity contribution in [3.63, 3.8) is 0 Å². The molecule has 3 heterocycles. The number of hydrogen-bond donors (Lipinski definition) is 2. The van der Waals surface area contributed by atoms with Crippen molar-refractivity contribution >= 4 is 27.6 Å². The van der Waals surface area contributed by atoms with Gasteiger partial charge in [0.1, 0.15) is 17.0 Å². The Bertz CT molecular complexity index is 1350. The molecule has 0 fully saturated rings. The van der Waals surface area contributed by atoms with Crippen molar-refractivity contribution in [2.24, 2.45) is 0 Å². The average molecular weight is 356 g/mol. The van der Waals surface area contributed by atoms with Crippen LogP contribution in [-0.4, -0.2) is 19.4 Å². The lowest BCUT2D eigenvalue weighted by atomic mass is 9.93. The Morgan fingerprint density at radius 2 is 1.70 bits per heavy atom. The number of hydrogen-bond acceptors (Lipinski definition) is 2. The van der Waals surface area contributed by atoms with Gasteiger partial charge in [0.05, 0.1) is 16.6 Å². The molecule has 3 aromatic heterocycles. The van der Waals surface area contributed by atoms with Crippen molar-refractivity contribution < 1.29 is 0 Å². The van der Waals surface area contributed by atoms with Crippen LogP contribution in [0.15, 0.2) is 59.5 Å². The molecule has 0 saturated heterocycles. The topological polar surface area (TPSA) is 66.0 Å². The lowest BCUT2D eigenvalue weighted by Crippen LogP contribution is -2.11. The average Bonchev–Trinajstić information content (AvgIpc) is 3.26. The van der Waals surface area contributed by atoms with Gasteiger partial charge in [-0.15, -0.1) is 0 Å². The second kappa shape index (κ2) is 5.33. The number of nitrogens with zero attached hydrogens (tertiary/aromatic N) is 2. The summed E-state index contributed by atoms with van der Waals surface area (Å²) in [6.45, 7) is 6.46. The Kier molecular flexibility index (Phi) is 3.13. The molecule has 5 rings (SSSR count). The molecule has 0 radical (unpaired) electrons. The second-order valence-corrected chi connectivity index (χ2v) is 7.96. The maximum absolute atomic E-state index is 13.4. The van der Waals surface area contributed by atoms with E-state index in [2.05, 4.69) is 46.3 Å². The van der Waals surface area contributed by atoms with Crippen LogP contribution in [0.3, 0.4) is 0 Å². The summed E-state index contributed by atoms with van der Waals surface area (Å²) in [5.41, 5.74) is 4.97. The molecule has 5 heteroatoms. The van der Waals surface area contributed by atoms with Crippen LogP contribution in [-0.2, 0) is 5.41 Å². The number of para-hydroxylation sites is 3. The van der Waals surface area contributed by atoms with Crippen LogP contribution >= 0.6 is 0 Å². The standard InChI is InChI=1S/C22H20N4O/c1-22(2,3)17-12-26-16-11-7-4-8-13(16)19(27)18(21(26)25-17)20-23-14-9-5-6-10-15(14)24-20/h4-12,25H,1-3H3,(H,23,24). The number of pyridine rings is 1. The molecule has 0 atom stereocenters. The highest BCUT2D eigenvalue weighted by Gasteiger charge is 2.22. The van der Waals surface area contributed by atoms with E-state index in [9.17, 15) is 4.79 Å². The van der Waals surface area contributed by atoms with E-state index in [1.165, 1.54) is 0 Å². The lowest BCUT2D eigenvalue weighted by Gasteiger charge is -2.14. The first kappa shape index (κ1) is 15.9. The van der Waals surface area contributed by atoms with E-state index in [4.69, 9.17) is 0 Å². The van der Waals surface area contributed by atoms with E-state index in [1.807, 2.05) is 48.5 Å². The van der Waals surface area contributed by atoms with E-state index in [0.717, 1.165) is 27.9 Å². The van der Waals surface area contributed by atoms with Gasteiger partial charge in [-0.25, -0.2) is 4.98 Å². The van der Waals surface area contributed by atoms with Crippen LogP contribution in [0.1, 0.15) is 26.5 Å². The Morgan fingerprint density at radius 1 is 0.963 bits per heavy atom. The number of imidazole rings is 2. The highest BCUT2D eigenvalue weighted by atomic mass is 16.1. The minimum atomic E-state index is -0.0681. The summed E-state index contributed by atoms with van der Waals surface area (Å²) < 4.78 is 2.07. The summed E-state index contributed by atoms with van der Waals surface area (Å²) >= 11 is 0. The third-order valence-corrected chi connectivity index (χ3v) is 5.06. The normalized spacial score (nSPS) is 12.4. The predicted molar refractivity (Wildman–Crippen MR) is 109 cm³/mol. The highest BCUT2D eigenvalue weighted by molar-refractivity contribution is 5.92. The van der Waals surface area contributed by atoms with Crippen molar-refractivity contribution in [3.8, 4) is 11.4 Å². The zero-order chi connectivity index (χ0) is 18.8. The van der Waals surface area contributed by atoms with Gasteiger partial charge in [0, 0.05) is 22.7 Å². The molecule has 0 aliphatic carbocycles. The summed E-state index contributed by atoms with van der Waals surface area (Å²) in [7, 11) is 0. The van der Waals surface area contributed by atoms with Crippen LogP contribution in [0.2, 0.25) is 0 Å². The van der Waals surface area contributed by atoms with Crippen LogP contribution in [0.4, 0.5) is 0 Å². The van der Waals surface area contributed by atoms with E-state index in [-0.39, 0.29) is 10.8 Å². The maximum atomic E-state index is 13.4. The SMILES string of the molecule is CC(C)(C)c1cn2c([nH]1)c(-c1nc3ccccc3[nH]1)c(=O)c1ccccc12. The molecule has 0 amide bonds. The molecule has 27 heavy (non-hydrogen) atoms. The maximum Gasteiger partial charge on any atom is 0.202 e. The summed E-state index contributed by atoms with van der Waals surface area (Å²) in [6, 6.07) is 15.5. The van der Waals surface area contributed by atoms with Crippen molar-refractivity contribution in [1.82, 2.24) is 19.4 Å². The van der Waals surface area contributed by atoms with Gasteiger partial charge in [-0.05, 0) is 24.3 Å². The van der Waals surface area contributed by atoms with Crippen LogP contribution in [0, 0.1) is 0 Å². The summed E-state index contributed by atoms with van der Waals surface area (Å²) in [5.74, 6) is 0.590. The monoisotopic (exact) mass is 356 g/mol. The number of aromatic nitrogens is 4. The van der Waals surface area contributed by atoms with Crippen LogP contribution in [0.5, 0.6) is 0 Å². The second-order valence-electron chi connectivity index (χ2n) is 7.96. The van der Waals surface area contributed by atoms with Crippen molar-refractivity contribution in [2.45, 2.75) is 26.2 Å². The first-order chi connectivity index (χ1) is 12.9. The number of benzene rings is 2. The first-order valence-corrected chi connectivity index (χ1v) is 9.05. The zero-order valence-electron chi connectivity index (χ0n) is 15.5. The molecule has 134 valence electrons. The summed E-state index contributed by atoms with van der Waals surface area (Å²) in [4.78, 5) is 24.9. The molecule has 0 bridgehead atoms. The van der Waals surface area contributed by atoms with Gasteiger partial charge in [-0.1, -0.05) is 45.0 Å². The van der Waals surface area contributed by atoms with Gasteiger partial charge >= 0.3 is 0 Å². The van der Waals surface area contributed by atoms with E-state index >= 15 is 0 Å². The smallest absolute Gasteiger partial charge is 0.202 e. The molecule has 5 aromatic rings. The van der Waals surface area contributed by atoms with Gasteiger partial charge in [0.2, 0.25) is 5.43 Å². The van der Waals surface area contributed by atoms with E-state index < -0.39 is 0 Å². The third-order valence-electron chi connectivity index (χ3n) is 5.06. The molecule has 0 unspecified atom stereocenters. The fourth-order valence-corrected chi connectivity index (χ4v) is 3.58. The molecule has 2 N–H and O–H groups in total. The lowest BCUT2D eigenvalue weighted by molar-refractivity contribution is 0.573. The predicted octanol–water partition coefficient (Wildman–Crippen LogP) is 4.62. The zero-order valence-corrected chi connectivity index (χ0v) is 15.5. The minimum Gasteiger partial charge on any atom is -0.342 e. The third kappa shape index (κ3) is 2.31. The highest BCUT2D eigenvalue weighted by Crippen LogP contribution is 2.29. The van der Waals surface area contributed by atoms with Crippen LogP contribution in [0.25, 0.3) is 39.0 Å². The molecule has 0 aliphatic rings. The van der Waals surface area contributed by atoms with Crippen LogP contribution < -0.4 is 5.43 Å². The molecule has 0 spiro atoms. The molecule has 5 nitrogen and oxygen atoms in total. The first-order valence-electron chi connectivity index (χ1n) is 9.05. The van der Waals surface area contributed by atoms with Gasteiger partial charge in [0.15, 0.2) is 0 Å². The van der Waals surface area contributed by atoms with Crippen molar-refractivity contribution in [2.75, 3.05) is 0 Å². The Morgan fingerprint density at radius 3 is 2.48 bits per heavy atom. The van der Waals surface area contributed by atoms with Crippen molar-refractivity contribution in [3.05, 3.63) is 70.6 Å². The molecular weight excluding hydrogens is 336 g/mol. The number of rotatable bonds is 1. The molecule has 0 saturated carbocycles. The largest absolute Gasteiger partial charge is 0.342 e. The van der Waals surface area contributed by atoms with Crippen molar-refractivity contribution in [1.29, 1.82) is 0 Å². The fourth-order valence-electron chi connectivity index (χ4n) is 3.58. The summed E-state index contributed by atoms with van der Waals surface area (Å²) in [5, 5.41) is 0.685. The minimum absolute atomic E-state index is 0.0213. The Balaban J connectivity index is 1.96. The number of fused-ring (bicyclic) bond motifs is 4. The van der Waals surface area contributed by atoms with E-state index in [0.29, 0.717) is 16.8 Å². The number of nitrogens with one attached hydrogen (secondary N) is 2. The summed E-state index contributed by atoms with van der Waals surface area (Å²) in [6.07, 6.45) is 2.09.